The molecule has 20 heavy (non-hydrogen) atoms. The molecule has 0 spiro atoms. The van der Waals surface area contributed by atoms with Crippen molar-refractivity contribution in [2.45, 2.75) is 19.3 Å². The van der Waals surface area contributed by atoms with Crippen LogP contribution in [-0.2, 0) is 9.57 Å². The van der Waals surface area contributed by atoms with Gasteiger partial charge in [0.1, 0.15) is 0 Å². The van der Waals surface area contributed by atoms with E-state index in [0.29, 0.717) is 6.61 Å². The molecule has 0 radical (unpaired) electrons. The summed E-state index contributed by atoms with van der Waals surface area (Å²) in [4.78, 5) is 19.5. The van der Waals surface area contributed by atoms with Gasteiger partial charge in [-0.2, -0.15) is 0 Å². The van der Waals surface area contributed by atoms with Crippen molar-refractivity contribution in [1.82, 2.24) is 4.90 Å². The first kappa shape index (κ1) is 12.7. The predicted molar refractivity (Wildman–Crippen MR) is 74.7 cm³/mol. The van der Waals surface area contributed by atoms with E-state index in [9.17, 15) is 4.79 Å². The van der Waals surface area contributed by atoms with E-state index in [4.69, 9.17) is 9.57 Å². The smallest absolute Gasteiger partial charge is 0.414 e. The Bertz CT molecular complexity index is 541. The lowest BCUT2D eigenvalue weighted by Gasteiger charge is -2.25. The molecule has 1 amide bonds. The molecule has 5 heteroatoms. The van der Waals surface area contributed by atoms with E-state index in [-0.39, 0.29) is 12.3 Å². The Morgan fingerprint density at radius 1 is 1.25 bits per heavy atom. The highest BCUT2D eigenvalue weighted by molar-refractivity contribution is 5.70. The summed E-state index contributed by atoms with van der Waals surface area (Å²) in [5.74, 6) is 0. The van der Waals surface area contributed by atoms with Gasteiger partial charge in [0.05, 0.1) is 12.3 Å². The number of rotatable bonds is 2. The van der Waals surface area contributed by atoms with Crippen LogP contribution in [0.5, 0.6) is 0 Å². The Labute approximate surface area is 117 Å². The number of anilines is 1. The molecule has 104 valence electrons. The van der Waals surface area contributed by atoms with Crippen LogP contribution in [0.1, 0.15) is 6.92 Å². The van der Waals surface area contributed by atoms with Gasteiger partial charge in [-0.05, 0) is 31.2 Å². The average Bonchev–Trinajstić information content (AvgIpc) is 2.67. The van der Waals surface area contributed by atoms with Gasteiger partial charge in [0.2, 0.25) is 0 Å². The summed E-state index contributed by atoms with van der Waals surface area (Å²) in [6.45, 7) is 2.13. The first-order valence-corrected chi connectivity index (χ1v) is 6.62. The first-order chi connectivity index (χ1) is 9.81. The van der Waals surface area contributed by atoms with Crippen molar-refractivity contribution in [3.8, 4) is 0 Å². The summed E-state index contributed by atoms with van der Waals surface area (Å²) in [6.07, 6.45) is 6.39. The molecule has 2 atom stereocenters. The lowest BCUT2D eigenvalue weighted by atomic mass is 10.3. The molecule has 5 nitrogen and oxygen atoms in total. The highest BCUT2D eigenvalue weighted by Crippen LogP contribution is 2.31. The monoisotopic (exact) mass is 272 g/mol. The van der Waals surface area contributed by atoms with E-state index in [1.54, 1.807) is 16.9 Å². The number of allylic oxidation sites excluding steroid dienone is 2. The zero-order valence-electron chi connectivity index (χ0n) is 11.2. The van der Waals surface area contributed by atoms with Crippen LogP contribution in [0.15, 0.2) is 54.6 Å². The number of hydrogen-bond donors (Lipinski definition) is 0. The van der Waals surface area contributed by atoms with E-state index in [1.165, 1.54) is 0 Å². The van der Waals surface area contributed by atoms with Gasteiger partial charge in [0.25, 0.3) is 0 Å². The van der Waals surface area contributed by atoms with Crippen molar-refractivity contribution in [2.75, 3.05) is 11.7 Å². The average molecular weight is 272 g/mol. The molecule has 2 aliphatic rings. The molecule has 0 N–H and O–H groups in total. The highest BCUT2D eigenvalue weighted by atomic mass is 16.7. The SMILES string of the molecule is CCOC(=O)N1[C@@H]2C=CC=C[C@H]1ON2c1ccccc1. The van der Waals surface area contributed by atoms with Gasteiger partial charge in [0, 0.05) is 0 Å². The standard InChI is InChI=1S/C15H16N2O3/c1-2-19-15(18)16-13-10-6-7-11-14(16)20-17(13)12-8-4-3-5-9-12/h3-11,13-14H,2H2,1H3/t13-,14+/m0/s1. The summed E-state index contributed by atoms with van der Waals surface area (Å²) < 4.78 is 5.11. The van der Waals surface area contributed by atoms with E-state index in [0.717, 1.165) is 5.69 Å². The molecule has 0 saturated carbocycles. The first-order valence-electron chi connectivity index (χ1n) is 6.62. The third kappa shape index (κ3) is 2.16. The number of para-hydroxylation sites is 1. The van der Waals surface area contributed by atoms with Crippen LogP contribution < -0.4 is 5.06 Å². The van der Waals surface area contributed by atoms with Gasteiger partial charge in [-0.3, -0.25) is 0 Å². The van der Waals surface area contributed by atoms with E-state index in [1.807, 2.05) is 54.6 Å². The summed E-state index contributed by atoms with van der Waals surface area (Å²) in [7, 11) is 0. The number of fused-ring (bicyclic) bond motifs is 2. The fourth-order valence-corrected chi connectivity index (χ4v) is 2.31. The van der Waals surface area contributed by atoms with Gasteiger partial charge in [-0.25, -0.2) is 19.6 Å². The Hall–Kier alpha value is -2.27. The third-order valence-electron chi connectivity index (χ3n) is 3.18. The van der Waals surface area contributed by atoms with E-state index in [2.05, 4.69) is 0 Å². The fourth-order valence-electron chi connectivity index (χ4n) is 2.31. The second kappa shape index (κ2) is 5.38. The number of amides is 1. The summed E-state index contributed by atoms with van der Waals surface area (Å²) in [6, 6.07) is 9.69. The van der Waals surface area contributed by atoms with Crippen LogP contribution in [0.2, 0.25) is 0 Å². The third-order valence-corrected chi connectivity index (χ3v) is 3.18. The molecule has 0 aliphatic carbocycles. The van der Waals surface area contributed by atoms with Crippen molar-refractivity contribution < 1.29 is 14.4 Å². The zero-order chi connectivity index (χ0) is 13.9. The Morgan fingerprint density at radius 2 is 2.00 bits per heavy atom. The van der Waals surface area contributed by atoms with Crippen LogP contribution in [0.4, 0.5) is 10.5 Å². The second-order valence-corrected chi connectivity index (χ2v) is 4.45. The van der Waals surface area contributed by atoms with Crippen LogP contribution >= 0.6 is 0 Å². The van der Waals surface area contributed by atoms with Crippen molar-refractivity contribution in [1.29, 1.82) is 0 Å². The van der Waals surface area contributed by atoms with Crippen molar-refractivity contribution in [2.24, 2.45) is 0 Å². The van der Waals surface area contributed by atoms with Crippen LogP contribution in [0.25, 0.3) is 0 Å². The molecular weight excluding hydrogens is 256 g/mol. The molecule has 1 aromatic carbocycles. The number of ether oxygens (including phenoxy) is 1. The van der Waals surface area contributed by atoms with Gasteiger partial charge in [-0.15, -0.1) is 0 Å². The Balaban J connectivity index is 1.92. The maximum atomic E-state index is 12.1. The molecule has 0 unspecified atom stereocenters. The largest absolute Gasteiger partial charge is 0.450 e. The molecule has 2 bridgehead atoms. The molecule has 1 aromatic rings. The number of hydroxylamine groups is 1. The van der Waals surface area contributed by atoms with Crippen molar-refractivity contribution in [3.63, 3.8) is 0 Å². The van der Waals surface area contributed by atoms with Gasteiger partial charge < -0.3 is 4.74 Å². The molecule has 2 aliphatic heterocycles. The van der Waals surface area contributed by atoms with Crippen LogP contribution in [-0.4, -0.2) is 30.0 Å². The van der Waals surface area contributed by atoms with Gasteiger partial charge in [-0.1, -0.05) is 30.4 Å². The van der Waals surface area contributed by atoms with Gasteiger partial charge in [0.15, 0.2) is 12.4 Å². The number of nitrogens with zero attached hydrogens (tertiary/aromatic N) is 2. The number of benzene rings is 1. The van der Waals surface area contributed by atoms with Crippen molar-refractivity contribution >= 4 is 11.8 Å². The maximum Gasteiger partial charge on any atom is 0.414 e. The molecule has 1 saturated heterocycles. The van der Waals surface area contributed by atoms with Crippen LogP contribution in [0.3, 0.4) is 0 Å². The molecule has 0 aromatic heterocycles. The topological polar surface area (TPSA) is 42.0 Å². The number of carbonyl (C=O) groups is 1. The maximum absolute atomic E-state index is 12.1. The minimum absolute atomic E-state index is 0.309. The quantitative estimate of drug-likeness (QED) is 0.830. The summed E-state index contributed by atoms with van der Waals surface area (Å²) in [5.41, 5.74) is 0.897. The molecule has 1 fully saturated rings. The highest BCUT2D eigenvalue weighted by Gasteiger charge is 2.43. The summed E-state index contributed by atoms with van der Waals surface area (Å²) in [5, 5.41) is 1.72. The summed E-state index contributed by atoms with van der Waals surface area (Å²) >= 11 is 0. The number of carbonyl (C=O) groups excluding carboxylic acids is 1. The Morgan fingerprint density at radius 3 is 2.75 bits per heavy atom. The van der Waals surface area contributed by atoms with E-state index < -0.39 is 6.23 Å². The zero-order valence-corrected chi connectivity index (χ0v) is 11.2. The molecular formula is C15H16N2O3. The molecule has 2 heterocycles. The van der Waals surface area contributed by atoms with Crippen molar-refractivity contribution in [3.05, 3.63) is 54.6 Å². The van der Waals surface area contributed by atoms with E-state index >= 15 is 0 Å². The normalized spacial score (nSPS) is 23.9. The minimum atomic E-state index is -0.450. The fraction of sp³-hybridized carbons (Fsp3) is 0.267. The van der Waals surface area contributed by atoms with Gasteiger partial charge >= 0.3 is 6.09 Å². The minimum Gasteiger partial charge on any atom is -0.450 e. The second-order valence-electron chi connectivity index (χ2n) is 4.45. The molecule has 3 rings (SSSR count). The Kier molecular flexibility index (Phi) is 3.43. The lowest BCUT2D eigenvalue weighted by molar-refractivity contribution is 0.0454. The predicted octanol–water partition coefficient (Wildman–Crippen LogP) is 2.67. The number of hydrogen-bond acceptors (Lipinski definition) is 4. The lowest BCUT2D eigenvalue weighted by Crippen LogP contribution is -2.43. The van der Waals surface area contributed by atoms with Crippen LogP contribution in [0, 0.1) is 0 Å².